The van der Waals surface area contributed by atoms with E-state index in [0.29, 0.717) is 24.5 Å². The number of hydrogen-bond acceptors (Lipinski definition) is 3. The number of benzene rings is 1. The number of sulfonamides is 1. The SMILES string of the molecule is CC(C)CN(CCC(N)=S)S(=O)(=O)c1cccc(Br)c1. The van der Waals surface area contributed by atoms with Gasteiger partial charge in [0.1, 0.15) is 0 Å². The van der Waals surface area contributed by atoms with Gasteiger partial charge in [-0.05, 0) is 24.1 Å². The zero-order chi connectivity index (χ0) is 15.3. The van der Waals surface area contributed by atoms with Crippen LogP contribution in [0, 0.1) is 5.92 Å². The van der Waals surface area contributed by atoms with Crippen LogP contribution < -0.4 is 5.73 Å². The summed E-state index contributed by atoms with van der Waals surface area (Å²) in [5.41, 5.74) is 5.48. The maximum Gasteiger partial charge on any atom is 0.243 e. The molecule has 1 aromatic carbocycles. The van der Waals surface area contributed by atoms with Crippen LogP contribution >= 0.6 is 28.1 Å². The van der Waals surface area contributed by atoms with E-state index in [-0.39, 0.29) is 10.8 Å². The highest BCUT2D eigenvalue weighted by Gasteiger charge is 2.25. The fourth-order valence-electron chi connectivity index (χ4n) is 1.73. The van der Waals surface area contributed by atoms with Crippen molar-refractivity contribution in [3.05, 3.63) is 28.7 Å². The molecule has 0 aliphatic heterocycles. The smallest absolute Gasteiger partial charge is 0.243 e. The van der Waals surface area contributed by atoms with Gasteiger partial charge in [0.2, 0.25) is 10.0 Å². The maximum atomic E-state index is 12.7. The standard InChI is InChI=1S/C13H19BrN2O2S2/c1-10(2)9-16(7-6-13(15)19)20(17,18)12-5-3-4-11(14)8-12/h3-5,8,10H,6-7,9H2,1-2H3,(H2,15,19). The van der Waals surface area contributed by atoms with Crippen molar-refractivity contribution >= 4 is 43.2 Å². The van der Waals surface area contributed by atoms with E-state index in [0.717, 1.165) is 4.47 Å². The van der Waals surface area contributed by atoms with Gasteiger partial charge in [0.25, 0.3) is 0 Å². The normalized spacial score (nSPS) is 12.1. The van der Waals surface area contributed by atoms with E-state index in [1.54, 1.807) is 24.3 Å². The van der Waals surface area contributed by atoms with Crippen molar-refractivity contribution in [2.24, 2.45) is 11.7 Å². The van der Waals surface area contributed by atoms with Gasteiger partial charge < -0.3 is 5.73 Å². The molecule has 1 rings (SSSR count). The van der Waals surface area contributed by atoms with Crippen LogP contribution in [0.2, 0.25) is 0 Å². The van der Waals surface area contributed by atoms with Crippen LogP contribution in [0.4, 0.5) is 0 Å². The van der Waals surface area contributed by atoms with Crippen molar-refractivity contribution in [3.63, 3.8) is 0 Å². The summed E-state index contributed by atoms with van der Waals surface area (Å²) in [7, 11) is -3.53. The van der Waals surface area contributed by atoms with E-state index in [4.69, 9.17) is 18.0 Å². The molecule has 0 aromatic heterocycles. The number of nitrogens with zero attached hydrogens (tertiary/aromatic N) is 1. The summed E-state index contributed by atoms with van der Waals surface area (Å²) in [5, 5.41) is 0. The van der Waals surface area contributed by atoms with Gasteiger partial charge in [-0.1, -0.05) is 48.1 Å². The number of thiocarbonyl (C=S) groups is 1. The molecule has 112 valence electrons. The fourth-order valence-corrected chi connectivity index (χ4v) is 4.02. The molecule has 0 saturated heterocycles. The van der Waals surface area contributed by atoms with E-state index < -0.39 is 10.0 Å². The lowest BCUT2D eigenvalue weighted by Gasteiger charge is -2.24. The molecule has 0 radical (unpaired) electrons. The second kappa shape index (κ2) is 7.49. The minimum absolute atomic E-state index is 0.225. The lowest BCUT2D eigenvalue weighted by molar-refractivity contribution is 0.374. The summed E-state index contributed by atoms with van der Waals surface area (Å²) in [5.74, 6) is 0.225. The summed E-state index contributed by atoms with van der Waals surface area (Å²) in [6, 6.07) is 6.69. The van der Waals surface area contributed by atoms with Gasteiger partial charge in [0.15, 0.2) is 0 Å². The molecule has 0 fully saturated rings. The summed E-state index contributed by atoms with van der Waals surface area (Å²) >= 11 is 8.13. The van der Waals surface area contributed by atoms with Gasteiger partial charge in [-0.15, -0.1) is 0 Å². The zero-order valence-corrected chi connectivity index (χ0v) is 14.8. The van der Waals surface area contributed by atoms with E-state index in [1.165, 1.54) is 4.31 Å². The van der Waals surface area contributed by atoms with Crippen LogP contribution in [-0.4, -0.2) is 30.8 Å². The summed E-state index contributed by atoms with van der Waals surface area (Å²) in [6.07, 6.45) is 0.384. The summed E-state index contributed by atoms with van der Waals surface area (Å²) in [6.45, 7) is 4.70. The predicted octanol–water partition coefficient (Wildman–Crippen LogP) is 2.77. The third kappa shape index (κ3) is 5.12. The van der Waals surface area contributed by atoms with Gasteiger partial charge in [-0.3, -0.25) is 0 Å². The second-order valence-electron chi connectivity index (χ2n) is 4.93. The molecule has 0 unspecified atom stereocenters. The highest BCUT2D eigenvalue weighted by molar-refractivity contribution is 9.10. The first-order valence-corrected chi connectivity index (χ1v) is 8.91. The molecule has 7 heteroatoms. The lowest BCUT2D eigenvalue weighted by atomic mass is 10.2. The maximum absolute atomic E-state index is 12.7. The molecule has 0 aliphatic carbocycles. The monoisotopic (exact) mass is 378 g/mol. The van der Waals surface area contributed by atoms with Gasteiger partial charge >= 0.3 is 0 Å². The first-order valence-electron chi connectivity index (χ1n) is 6.27. The number of nitrogens with two attached hydrogens (primary N) is 1. The number of hydrogen-bond donors (Lipinski definition) is 1. The van der Waals surface area contributed by atoms with Crippen molar-refractivity contribution < 1.29 is 8.42 Å². The molecule has 0 bridgehead atoms. The van der Waals surface area contributed by atoms with Gasteiger partial charge in [-0.25, -0.2) is 8.42 Å². The van der Waals surface area contributed by atoms with E-state index in [1.807, 2.05) is 13.8 Å². The van der Waals surface area contributed by atoms with Gasteiger partial charge in [-0.2, -0.15) is 4.31 Å². The molecule has 0 saturated carbocycles. The lowest BCUT2D eigenvalue weighted by Crippen LogP contribution is -2.36. The Morgan fingerprint density at radius 3 is 2.60 bits per heavy atom. The molecule has 2 N–H and O–H groups in total. The minimum Gasteiger partial charge on any atom is -0.393 e. The third-order valence-corrected chi connectivity index (χ3v) is 5.17. The van der Waals surface area contributed by atoms with Crippen molar-refractivity contribution in [1.82, 2.24) is 4.31 Å². The quantitative estimate of drug-likeness (QED) is 0.740. The summed E-state index contributed by atoms with van der Waals surface area (Å²) in [4.78, 5) is 0.596. The van der Waals surface area contributed by atoms with Crippen molar-refractivity contribution in [2.45, 2.75) is 25.2 Å². The molecule has 4 nitrogen and oxygen atoms in total. The average molecular weight is 379 g/mol. The first kappa shape index (κ1) is 17.6. The Labute approximate surface area is 134 Å². The van der Waals surface area contributed by atoms with Crippen LogP contribution in [0.1, 0.15) is 20.3 Å². The Bertz CT molecular complexity index is 573. The Morgan fingerprint density at radius 1 is 1.45 bits per heavy atom. The fraction of sp³-hybridized carbons (Fsp3) is 0.462. The average Bonchev–Trinajstić information content (AvgIpc) is 2.33. The number of halogens is 1. The molecular weight excluding hydrogens is 360 g/mol. The molecule has 0 heterocycles. The first-order chi connectivity index (χ1) is 9.23. The Morgan fingerprint density at radius 2 is 2.10 bits per heavy atom. The molecule has 0 spiro atoms. The molecule has 20 heavy (non-hydrogen) atoms. The van der Waals surface area contributed by atoms with E-state index >= 15 is 0 Å². The molecule has 1 aromatic rings. The zero-order valence-electron chi connectivity index (χ0n) is 11.5. The highest BCUT2D eigenvalue weighted by Crippen LogP contribution is 2.21. The third-order valence-electron chi connectivity index (χ3n) is 2.61. The van der Waals surface area contributed by atoms with Crippen molar-refractivity contribution in [1.29, 1.82) is 0 Å². The Kier molecular flexibility index (Phi) is 6.57. The Balaban J connectivity index is 3.06. The predicted molar refractivity (Wildman–Crippen MR) is 89.1 cm³/mol. The van der Waals surface area contributed by atoms with Crippen LogP contribution in [-0.2, 0) is 10.0 Å². The largest absolute Gasteiger partial charge is 0.393 e. The van der Waals surface area contributed by atoms with Crippen LogP contribution in [0.5, 0.6) is 0 Å². The summed E-state index contributed by atoms with van der Waals surface area (Å²) < 4.78 is 27.5. The number of rotatable bonds is 7. The highest BCUT2D eigenvalue weighted by atomic mass is 79.9. The molecule has 0 atom stereocenters. The minimum atomic E-state index is -3.53. The van der Waals surface area contributed by atoms with Gasteiger partial charge in [0, 0.05) is 24.0 Å². The van der Waals surface area contributed by atoms with Crippen LogP contribution in [0.15, 0.2) is 33.6 Å². The van der Waals surface area contributed by atoms with Crippen LogP contribution in [0.3, 0.4) is 0 Å². The van der Waals surface area contributed by atoms with Crippen LogP contribution in [0.25, 0.3) is 0 Å². The van der Waals surface area contributed by atoms with E-state index in [2.05, 4.69) is 15.9 Å². The molecule has 0 amide bonds. The second-order valence-corrected chi connectivity index (χ2v) is 8.31. The topological polar surface area (TPSA) is 63.4 Å². The molecular formula is C13H19BrN2O2S2. The van der Waals surface area contributed by atoms with Crippen molar-refractivity contribution in [3.8, 4) is 0 Å². The van der Waals surface area contributed by atoms with Gasteiger partial charge in [0.05, 0.1) is 9.88 Å². The Hall–Kier alpha value is -0.500. The van der Waals surface area contributed by atoms with E-state index in [9.17, 15) is 8.42 Å². The van der Waals surface area contributed by atoms with Crippen molar-refractivity contribution in [2.75, 3.05) is 13.1 Å². The molecule has 0 aliphatic rings.